The molecular formula is C19H29FN4O7. The van der Waals surface area contributed by atoms with Crippen molar-refractivity contribution in [3.63, 3.8) is 0 Å². The number of methoxy groups -OCH3 is 2. The topological polar surface area (TPSA) is 141 Å². The highest BCUT2D eigenvalue weighted by Crippen LogP contribution is 2.32. The fraction of sp³-hybridized carbons (Fsp3) is 0.684. The number of rotatable bonds is 11. The van der Waals surface area contributed by atoms with E-state index in [9.17, 15) is 18.8 Å². The highest BCUT2D eigenvalue weighted by atomic mass is 19.1. The summed E-state index contributed by atoms with van der Waals surface area (Å²) in [6.45, 7) is 1.75. The number of nitrogens with one attached hydrogen (secondary N) is 2. The molecule has 0 spiro atoms. The van der Waals surface area contributed by atoms with E-state index >= 15 is 0 Å². The van der Waals surface area contributed by atoms with Crippen LogP contribution in [0.1, 0.15) is 51.7 Å². The molecule has 2 rings (SSSR count). The normalized spacial score (nSPS) is 23.0. The average Bonchev–Trinajstić information content (AvgIpc) is 3.07. The summed E-state index contributed by atoms with van der Waals surface area (Å²) in [5, 5.41) is 10.7. The zero-order valence-corrected chi connectivity index (χ0v) is 17.8. The first kappa shape index (κ1) is 24.9. The van der Waals surface area contributed by atoms with Crippen LogP contribution in [0.5, 0.6) is 0 Å². The number of carbonyl (C=O) groups excluding carboxylic acids is 2. The van der Waals surface area contributed by atoms with E-state index in [1.165, 1.54) is 14.2 Å². The SMILES string of the molecule is CO[C@@H]1[C@H](OC)[C@@H](C)O[C@H]1n1cc(F)c(NC(=O)CCCCCCC(=O)NO)nc1=O. The monoisotopic (exact) mass is 444 g/mol. The molecular weight excluding hydrogens is 415 g/mol. The number of hydroxylamine groups is 1. The van der Waals surface area contributed by atoms with Gasteiger partial charge in [0.25, 0.3) is 0 Å². The Morgan fingerprint density at radius 3 is 2.35 bits per heavy atom. The van der Waals surface area contributed by atoms with Crippen LogP contribution < -0.4 is 16.5 Å². The number of carbonyl (C=O) groups is 2. The number of halogens is 1. The van der Waals surface area contributed by atoms with E-state index in [1.807, 2.05) is 0 Å². The third-order valence-corrected chi connectivity index (χ3v) is 5.09. The van der Waals surface area contributed by atoms with E-state index in [-0.39, 0.29) is 18.9 Å². The van der Waals surface area contributed by atoms with Crippen LogP contribution in [-0.4, -0.2) is 59.1 Å². The van der Waals surface area contributed by atoms with Gasteiger partial charge in [0, 0.05) is 27.1 Å². The van der Waals surface area contributed by atoms with Crippen LogP contribution in [0.15, 0.2) is 11.0 Å². The molecule has 2 amide bonds. The van der Waals surface area contributed by atoms with E-state index in [4.69, 9.17) is 19.4 Å². The number of hydrogen-bond donors (Lipinski definition) is 3. The lowest BCUT2D eigenvalue weighted by atomic mass is 10.1. The first-order valence-corrected chi connectivity index (χ1v) is 10.0. The predicted molar refractivity (Wildman–Crippen MR) is 106 cm³/mol. The second-order valence-electron chi connectivity index (χ2n) is 7.26. The van der Waals surface area contributed by atoms with Crippen molar-refractivity contribution in [1.29, 1.82) is 0 Å². The van der Waals surface area contributed by atoms with Crippen molar-refractivity contribution in [2.45, 2.75) is 70.0 Å². The minimum atomic E-state index is -0.919. The summed E-state index contributed by atoms with van der Waals surface area (Å²) < 4.78 is 31.9. The first-order chi connectivity index (χ1) is 14.8. The van der Waals surface area contributed by atoms with Crippen LogP contribution in [-0.2, 0) is 23.8 Å². The molecule has 0 saturated carbocycles. The molecule has 11 nitrogen and oxygen atoms in total. The molecule has 2 heterocycles. The van der Waals surface area contributed by atoms with E-state index in [0.717, 1.165) is 10.8 Å². The Hall–Kier alpha value is -2.41. The molecule has 0 radical (unpaired) electrons. The lowest BCUT2D eigenvalue weighted by Crippen LogP contribution is -2.38. The number of amides is 2. The van der Waals surface area contributed by atoms with Crippen molar-refractivity contribution in [3.05, 3.63) is 22.5 Å². The van der Waals surface area contributed by atoms with Gasteiger partial charge in [0.05, 0.1) is 12.3 Å². The highest BCUT2D eigenvalue weighted by Gasteiger charge is 2.44. The fourth-order valence-corrected chi connectivity index (χ4v) is 3.49. The Morgan fingerprint density at radius 1 is 1.16 bits per heavy atom. The van der Waals surface area contributed by atoms with Gasteiger partial charge in [0.2, 0.25) is 11.8 Å². The molecule has 0 aliphatic carbocycles. The van der Waals surface area contributed by atoms with E-state index in [2.05, 4.69) is 10.3 Å². The Kier molecular flexibility index (Phi) is 9.49. The fourth-order valence-electron chi connectivity index (χ4n) is 3.49. The molecule has 12 heteroatoms. The number of hydrogen-bond acceptors (Lipinski definition) is 8. The summed E-state index contributed by atoms with van der Waals surface area (Å²) in [6.07, 6.45) is 1.34. The molecule has 1 fully saturated rings. The van der Waals surface area contributed by atoms with Crippen LogP contribution in [0, 0.1) is 5.82 Å². The zero-order chi connectivity index (χ0) is 23.0. The quantitative estimate of drug-likeness (QED) is 0.262. The van der Waals surface area contributed by atoms with Gasteiger partial charge < -0.3 is 19.5 Å². The van der Waals surface area contributed by atoms with Gasteiger partial charge in [-0.25, -0.2) is 14.7 Å². The predicted octanol–water partition coefficient (Wildman–Crippen LogP) is 1.11. The summed E-state index contributed by atoms with van der Waals surface area (Å²) in [4.78, 5) is 39.0. The maximum atomic E-state index is 14.5. The zero-order valence-electron chi connectivity index (χ0n) is 17.8. The Bertz CT molecular complexity index is 819. The average molecular weight is 444 g/mol. The van der Waals surface area contributed by atoms with E-state index < -0.39 is 47.6 Å². The third-order valence-electron chi connectivity index (χ3n) is 5.09. The number of anilines is 1. The Morgan fingerprint density at radius 2 is 1.77 bits per heavy atom. The molecule has 0 unspecified atom stereocenters. The van der Waals surface area contributed by atoms with E-state index in [0.29, 0.717) is 25.7 Å². The van der Waals surface area contributed by atoms with Gasteiger partial charge in [-0.15, -0.1) is 0 Å². The molecule has 1 aliphatic heterocycles. The summed E-state index contributed by atoms with van der Waals surface area (Å²) in [6, 6.07) is 0. The second kappa shape index (κ2) is 11.8. The van der Waals surface area contributed by atoms with Gasteiger partial charge in [0.15, 0.2) is 17.9 Å². The van der Waals surface area contributed by atoms with Gasteiger partial charge in [-0.3, -0.25) is 19.4 Å². The van der Waals surface area contributed by atoms with Crippen LogP contribution >= 0.6 is 0 Å². The van der Waals surface area contributed by atoms with Crippen LogP contribution in [0.4, 0.5) is 10.2 Å². The van der Waals surface area contributed by atoms with Crippen LogP contribution in [0.2, 0.25) is 0 Å². The molecule has 1 aliphatic rings. The van der Waals surface area contributed by atoms with Crippen molar-refractivity contribution in [2.75, 3.05) is 19.5 Å². The summed E-state index contributed by atoms with van der Waals surface area (Å²) in [5.41, 5.74) is 0.756. The number of ether oxygens (including phenoxy) is 3. The van der Waals surface area contributed by atoms with Crippen molar-refractivity contribution < 1.29 is 33.4 Å². The molecule has 1 saturated heterocycles. The molecule has 0 bridgehead atoms. The maximum Gasteiger partial charge on any atom is 0.351 e. The van der Waals surface area contributed by atoms with Crippen molar-refractivity contribution in [1.82, 2.24) is 15.0 Å². The largest absolute Gasteiger partial charge is 0.376 e. The number of unbranched alkanes of at least 4 members (excludes halogenated alkanes) is 3. The smallest absolute Gasteiger partial charge is 0.351 e. The number of nitrogens with zero attached hydrogens (tertiary/aromatic N) is 2. The van der Waals surface area contributed by atoms with Crippen LogP contribution in [0.25, 0.3) is 0 Å². The Balaban J connectivity index is 1.93. The molecule has 4 atom stereocenters. The molecule has 0 aromatic carbocycles. The summed E-state index contributed by atoms with van der Waals surface area (Å²) in [5.74, 6) is -2.26. The molecule has 174 valence electrons. The molecule has 1 aromatic rings. The molecule has 31 heavy (non-hydrogen) atoms. The minimum absolute atomic E-state index is 0.112. The highest BCUT2D eigenvalue weighted by molar-refractivity contribution is 5.89. The van der Waals surface area contributed by atoms with Crippen molar-refractivity contribution >= 4 is 17.6 Å². The second-order valence-corrected chi connectivity index (χ2v) is 7.26. The first-order valence-electron chi connectivity index (χ1n) is 10.0. The van der Waals surface area contributed by atoms with Gasteiger partial charge >= 0.3 is 5.69 Å². The lowest BCUT2D eigenvalue weighted by Gasteiger charge is -2.22. The van der Waals surface area contributed by atoms with Crippen molar-refractivity contribution in [2.24, 2.45) is 0 Å². The molecule has 3 N–H and O–H groups in total. The third kappa shape index (κ3) is 6.53. The van der Waals surface area contributed by atoms with E-state index in [1.54, 1.807) is 12.4 Å². The summed E-state index contributed by atoms with van der Waals surface area (Å²) in [7, 11) is 2.93. The van der Waals surface area contributed by atoms with Crippen LogP contribution in [0.3, 0.4) is 0 Å². The Labute approximate surface area is 178 Å². The number of aromatic nitrogens is 2. The minimum Gasteiger partial charge on any atom is -0.376 e. The van der Waals surface area contributed by atoms with Gasteiger partial charge in [0.1, 0.15) is 12.2 Å². The molecule has 1 aromatic heterocycles. The van der Waals surface area contributed by atoms with Crippen molar-refractivity contribution in [3.8, 4) is 0 Å². The van der Waals surface area contributed by atoms with Gasteiger partial charge in [-0.2, -0.15) is 4.98 Å². The maximum absolute atomic E-state index is 14.5. The summed E-state index contributed by atoms with van der Waals surface area (Å²) >= 11 is 0. The standard InChI is InChI=1S/C19H29FN4O7/c1-11-15(29-2)16(30-3)18(31-11)24-10-12(20)17(22-19(24)27)21-13(25)8-6-4-5-7-9-14(26)23-28/h10-11,15-16,18,28H,4-9H2,1-3H3,(H,23,26)(H,21,22,25,27)/t11-,15-,16-,18-/m1/s1. The lowest BCUT2D eigenvalue weighted by molar-refractivity contribution is -0.129. The van der Waals surface area contributed by atoms with Gasteiger partial charge in [-0.05, 0) is 19.8 Å². The van der Waals surface area contributed by atoms with Gasteiger partial charge in [-0.1, -0.05) is 12.8 Å².